The molecule has 0 saturated carbocycles. The summed E-state index contributed by atoms with van der Waals surface area (Å²) in [5.41, 5.74) is 0.774. The summed E-state index contributed by atoms with van der Waals surface area (Å²) >= 11 is 0. The van der Waals surface area contributed by atoms with Crippen LogP contribution >= 0.6 is 0 Å². The van der Waals surface area contributed by atoms with E-state index in [2.05, 4.69) is 25.6 Å². The van der Waals surface area contributed by atoms with E-state index < -0.39 is 0 Å². The number of nitrogens with one attached hydrogen (secondary N) is 2. The molecular formula is C16H14N6O2. The largest absolute Gasteiger partial charge is 0.319 e. The number of carbonyl (C=O) groups excluding carboxylic acids is 2. The fraction of sp³-hybridized carbons (Fsp3) is 0.0625. The summed E-state index contributed by atoms with van der Waals surface area (Å²) in [6, 6.07) is 8.40. The van der Waals surface area contributed by atoms with Gasteiger partial charge in [0.05, 0.1) is 11.9 Å². The van der Waals surface area contributed by atoms with Gasteiger partial charge in [0.2, 0.25) is 5.91 Å². The van der Waals surface area contributed by atoms with E-state index >= 15 is 0 Å². The number of pyridine rings is 2. The predicted octanol–water partition coefficient (Wildman–Crippen LogP) is 1.87. The smallest absolute Gasteiger partial charge is 0.274 e. The average Bonchev–Trinajstić information content (AvgIpc) is 3.11. The van der Waals surface area contributed by atoms with Gasteiger partial charge in [0.25, 0.3) is 5.91 Å². The summed E-state index contributed by atoms with van der Waals surface area (Å²) in [6.45, 7) is 1.40. The highest BCUT2D eigenvalue weighted by Crippen LogP contribution is 2.12. The molecule has 8 nitrogen and oxygen atoms in total. The summed E-state index contributed by atoms with van der Waals surface area (Å²) in [5.74, 6) is 0.450. The molecule has 0 aromatic carbocycles. The number of hydrogen-bond acceptors (Lipinski definition) is 5. The Kier molecular flexibility index (Phi) is 4.28. The summed E-state index contributed by atoms with van der Waals surface area (Å²) in [5, 5.41) is 5.27. The third kappa shape index (κ3) is 3.61. The molecule has 2 amide bonds. The third-order valence-electron chi connectivity index (χ3n) is 3.06. The zero-order chi connectivity index (χ0) is 16.9. The van der Waals surface area contributed by atoms with Crippen molar-refractivity contribution in [3.05, 3.63) is 60.9 Å². The van der Waals surface area contributed by atoms with Gasteiger partial charge in [0.1, 0.15) is 23.7 Å². The second-order valence-electron chi connectivity index (χ2n) is 4.92. The molecule has 8 heteroatoms. The van der Waals surface area contributed by atoms with E-state index in [0.29, 0.717) is 17.3 Å². The molecule has 3 aromatic rings. The van der Waals surface area contributed by atoms with E-state index in [-0.39, 0.29) is 17.5 Å². The van der Waals surface area contributed by atoms with Crippen molar-refractivity contribution < 1.29 is 9.59 Å². The van der Waals surface area contributed by atoms with Crippen LogP contribution in [0.3, 0.4) is 0 Å². The highest BCUT2D eigenvalue weighted by molar-refractivity contribution is 6.03. The highest BCUT2D eigenvalue weighted by atomic mass is 16.2. The van der Waals surface area contributed by atoms with Gasteiger partial charge >= 0.3 is 0 Å². The van der Waals surface area contributed by atoms with E-state index in [1.807, 2.05) is 0 Å². The quantitative estimate of drug-likeness (QED) is 0.763. The molecule has 120 valence electrons. The van der Waals surface area contributed by atoms with Gasteiger partial charge in [-0.05, 0) is 24.3 Å². The van der Waals surface area contributed by atoms with Gasteiger partial charge < -0.3 is 10.6 Å². The molecule has 3 aromatic heterocycles. The van der Waals surface area contributed by atoms with Crippen molar-refractivity contribution in [2.75, 3.05) is 10.6 Å². The summed E-state index contributed by atoms with van der Waals surface area (Å²) in [7, 11) is 0. The van der Waals surface area contributed by atoms with Crippen molar-refractivity contribution in [3.8, 4) is 5.82 Å². The lowest BCUT2D eigenvalue weighted by Gasteiger charge is -2.07. The van der Waals surface area contributed by atoms with E-state index in [4.69, 9.17) is 0 Å². The zero-order valence-electron chi connectivity index (χ0n) is 12.8. The molecular weight excluding hydrogens is 308 g/mol. The molecule has 0 aliphatic rings. The Bertz CT molecular complexity index is 859. The minimum absolute atomic E-state index is 0.209. The number of amides is 2. The van der Waals surface area contributed by atoms with Crippen LogP contribution in [0.2, 0.25) is 0 Å². The molecule has 0 radical (unpaired) electrons. The Hall–Kier alpha value is -3.55. The van der Waals surface area contributed by atoms with Crippen molar-refractivity contribution in [3.63, 3.8) is 0 Å². The molecule has 24 heavy (non-hydrogen) atoms. The Morgan fingerprint density at radius 3 is 2.67 bits per heavy atom. The number of carbonyl (C=O) groups is 2. The second kappa shape index (κ2) is 6.69. The van der Waals surface area contributed by atoms with Crippen LogP contribution in [-0.4, -0.2) is 31.3 Å². The van der Waals surface area contributed by atoms with Crippen LogP contribution in [-0.2, 0) is 4.79 Å². The van der Waals surface area contributed by atoms with Crippen LogP contribution in [0, 0.1) is 0 Å². The van der Waals surface area contributed by atoms with Gasteiger partial charge in [-0.25, -0.2) is 15.0 Å². The van der Waals surface area contributed by atoms with Crippen LogP contribution in [0.15, 0.2) is 55.2 Å². The number of aromatic nitrogens is 4. The van der Waals surface area contributed by atoms with Crippen molar-refractivity contribution >= 4 is 23.3 Å². The molecule has 0 aliphatic heterocycles. The van der Waals surface area contributed by atoms with Crippen LogP contribution < -0.4 is 10.6 Å². The molecule has 0 bridgehead atoms. The highest BCUT2D eigenvalue weighted by Gasteiger charge is 2.09. The van der Waals surface area contributed by atoms with Gasteiger partial charge in [0.15, 0.2) is 0 Å². The second-order valence-corrected chi connectivity index (χ2v) is 4.92. The normalized spacial score (nSPS) is 10.2. The number of anilines is 2. The van der Waals surface area contributed by atoms with Crippen molar-refractivity contribution in [1.29, 1.82) is 0 Å². The maximum atomic E-state index is 12.3. The molecule has 0 fully saturated rings. The fourth-order valence-corrected chi connectivity index (χ4v) is 2.01. The van der Waals surface area contributed by atoms with Crippen molar-refractivity contribution in [2.24, 2.45) is 0 Å². The first-order valence-electron chi connectivity index (χ1n) is 7.12. The number of rotatable bonds is 4. The molecule has 3 heterocycles. The monoisotopic (exact) mass is 322 g/mol. The summed E-state index contributed by atoms with van der Waals surface area (Å²) < 4.78 is 1.71. The van der Waals surface area contributed by atoms with Crippen molar-refractivity contribution in [2.45, 2.75) is 6.92 Å². The number of nitrogens with zero attached hydrogens (tertiary/aromatic N) is 4. The molecule has 0 atom stereocenters. The first-order valence-corrected chi connectivity index (χ1v) is 7.12. The first kappa shape index (κ1) is 15.3. The van der Waals surface area contributed by atoms with Crippen LogP contribution in [0.4, 0.5) is 11.5 Å². The Morgan fingerprint density at radius 1 is 1.12 bits per heavy atom. The SMILES string of the molecule is CC(=O)Nc1ccc(NC(=O)c2cccc(-n3ccnc3)n2)cn1. The lowest BCUT2D eigenvalue weighted by atomic mass is 10.3. The number of imidazole rings is 1. The zero-order valence-corrected chi connectivity index (χ0v) is 12.8. The number of hydrogen-bond donors (Lipinski definition) is 2. The van der Waals surface area contributed by atoms with Crippen molar-refractivity contribution in [1.82, 2.24) is 19.5 Å². The minimum Gasteiger partial charge on any atom is -0.319 e. The first-order chi connectivity index (χ1) is 11.6. The minimum atomic E-state index is -0.356. The van der Waals surface area contributed by atoms with E-state index in [1.54, 1.807) is 53.6 Å². The molecule has 0 unspecified atom stereocenters. The molecule has 0 spiro atoms. The summed E-state index contributed by atoms with van der Waals surface area (Å²) in [6.07, 6.45) is 6.45. The maximum Gasteiger partial charge on any atom is 0.274 e. The van der Waals surface area contributed by atoms with Gasteiger partial charge in [-0.3, -0.25) is 14.2 Å². The third-order valence-corrected chi connectivity index (χ3v) is 3.06. The predicted molar refractivity (Wildman–Crippen MR) is 87.9 cm³/mol. The lowest BCUT2D eigenvalue weighted by Crippen LogP contribution is -2.15. The Labute approximate surface area is 137 Å². The summed E-state index contributed by atoms with van der Waals surface area (Å²) in [4.78, 5) is 35.6. The molecule has 3 rings (SSSR count). The average molecular weight is 322 g/mol. The Morgan fingerprint density at radius 2 is 2.00 bits per heavy atom. The molecule has 0 aliphatic carbocycles. The fourth-order valence-electron chi connectivity index (χ4n) is 2.01. The van der Waals surface area contributed by atoms with Crippen LogP contribution in [0.1, 0.15) is 17.4 Å². The van der Waals surface area contributed by atoms with E-state index in [0.717, 1.165) is 0 Å². The van der Waals surface area contributed by atoms with Gasteiger partial charge in [0, 0.05) is 19.3 Å². The van der Waals surface area contributed by atoms with Crippen LogP contribution in [0.5, 0.6) is 0 Å². The standard InChI is InChI=1S/C16H14N6O2/c1-11(23)19-14-6-5-12(9-18-14)20-16(24)13-3-2-4-15(21-13)22-8-7-17-10-22/h2-10H,1H3,(H,20,24)(H,18,19,23). The maximum absolute atomic E-state index is 12.3. The van der Waals surface area contributed by atoms with Gasteiger partial charge in [-0.15, -0.1) is 0 Å². The van der Waals surface area contributed by atoms with Gasteiger partial charge in [-0.2, -0.15) is 0 Å². The molecule has 2 N–H and O–H groups in total. The van der Waals surface area contributed by atoms with Crippen LogP contribution in [0.25, 0.3) is 5.82 Å². The topological polar surface area (TPSA) is 102 Å². The lowest BCUT2D eigenvalue weighted by molar-refractivity contribution is -0.114. The van der Waals surface area contributed by atoms with E-state index in [1.165, 1.54) is 13.1 Å². The van der Waals surface area contributed by atoms with E-state index in [9.17, 15) is 9.59 Å². The Balaban J connectivity index is 1.73. The van der Waals surface area contributed by atoms with Gasteiger partial charge in [-0.1, -0.05) is 6.07 Å². The molecule has 0 saturated heterocycles.